The number of aliphatic hydroxyl groups excluding tert-OH is 1. The maximum Gasteiger partial charge on any atom is 0.330 e. The number of ether oxygens (including phenoxy) is 2. The molecule has 0 spiro atoms. The first-order valence-corrected chi connectivity index (χ1v) is 10.2. The molecular formula is C22H32O6. The molecule has 28 heavy (non-hydrogen) atoms. The summed E-state index contributed by atoms with van der Waals surface area (Å²) in [7, 11) is 2.69. The third-order valence-electron chi connectivity index (χ3n) is 8.22. The lowest BCUT2D eigenvalue weighted by Crippen LogP contribution is -2.63. The lowest BCUT2D eigenvalue weighted by Gasteiger charge is -2.61. The van der Waals surface area contributed by atoms with E-state index in [4.69, 9.17) is 9.47 Å². The van der Waals surface area contributed by atoms with Crippen LogP contribution in [0.2, 0.25) is 0 Å². The van der Waals surface area contributed by atoms with E-state index in [1.54, 1.807) is 6.92 Å². The fraction of sp³-hybridized carbons (Fsp3) is 0.773. The molecule has 0 amide bonds. The number of hydrogen-bond acceptors (Lipinski definition) is 6. The zero-order valence-corrected chi connectivity index (χ0v) is 17.5. The van der Waals surface area contributed by atoms with Crippen molar-refractivity contribution < 1.29 is 29.0 Å². The fourth-order valence-electron chi connectivity index (χ4n) is 6.53. The van der Waals surface area contributed by atoms with Crippen LogP contribution in [0.4, 0.5) is 0 Å². The Morgan fingerprint density at radius 2 is 1.86 bits per heavy atom. The highest BCUT2D eigenvalue weighted by atomic mass is 16.5. The fourth-order valence-corrected chi connectivity index (χ4v) is 6.53. The Bertz CT molecular complexity index is 712. The molecule has 0 aromatic carbocycles. The Kier molecular flexibility index (Phi) is 5.47. The van der Waals surface area contributed by atoms with Gasteiger partial charge in [-0.3, -0.25) is 9.59 Å². The van der Waals surface area contributed by atoms with Gasteiger partial charge in [0.2, 0.25) is 0 Å². The zero-order valence-electron chi connectivity index (χ0n) is 17.5. The van der Waals surface area contributed by atoms with E-state index in [-0.39, 0.29) is 47.3 Å². The SMILES string of the molecule is COC(=O)/C=C1/CC[C@@H]2[C@H](C(=O)C[C@@H]3[C@]2(C)CC[C@H](O)[C@]3(C)C(=O)OC)[C@H]1C. The van der Waals surface area contributed by atoms with E-state index < -0.39 is 17.5 Å². The quantitative estimate of drug-likeness (QED) is 0.574. The highest BCUT2D eigenvalue weighted by Crippen LogP contribution is 2.64. The molecule has 7 atom stereocenters. The molecule has 156 valence electrons. The standard InChI is InChI=1S/C22H32O6/c1-12-13(10-18(25)27-4)6-7-14-19(12)15(23)11-16-21(14,2)9-8-17(24)22(16,3)20(26)28-5/h10,12,14,16-17,19,24H,6-9,11H2,1-5H3/b13-10-/t12-,14+,16+,17-,19+,21+,22+/m0/s1. The molecule has 0 heterocycles. The molecule has 3 saturated carbocycles. The smallest absolute Gasteiger partial charge is 0.330 e. The van der Waals surface area contributed by atoms with Gasteiger partial charge in [0.25, 0.3) is 0 Å². The van der Waals surface area contributed by atoms with Gasteiger partial charge in [0.05, 0.1) is 25.7 Å². The second kappa shape index (κ2) is 7.29. The van der Waals surface area contributed by atoms with Crippen molar-refractivity contribution in [2.24, 2.45) is 34.5 Å². The Balaban J connectivity index is 1.99. The van der Waals surface area contributed by atoms with Crippen LogP contribution in [-0.2, 0) is 23.9 Å². The minimum Gasteiger partial charge on any atom is -0.469 e. The molecule has 0 saturated heterocycles. The molecule has 3 aliphatic carbocycles. The van der Waals surface area contributed by atoms with E-state index in [0.29, 0.717) is 6.42 Å². The van der Waals surface area contributed by atoms with Gasteiger partial charge in [-0.05, 0) is 55.8 Å². The van der Waals surface area contributed by atoms with Gasteiger partial charge in [-0.1, -0.05) is 19.4 Å². The summed E-state index contributed by atoms with van der Waals surface area (Å²) < 4.78 is 9.82. The number of hydrogen-bond donors (Lipinski definition) is 1. The van der Waals surface area contributed by atoms with Gasteiger partial charge in [-0.2, -0.15) is 0 Å². The lowest BCUT2D eigenvalue weighted by molar-refractivity contribution is -0.197. The average molecular weight is 392 g/mol. The second-order valence-electron chi connectivity index (χ2n) is 9.26. The van der Waals surface area contributed by atoms with Crippen molar-refractivity contribution in [3.05, 3.63) is 11.6 Å². The number of methoxy groups -OCH3 is 2. The number of allylic oxidation sites excluding steroid dienone is 1. The van der Waals surface area contributed by atoms with E-state index in [1.165, 1.54) is 20.3 Å². The van der Waals surface area contributed by atoms with Gasteiger partial charge >= 0.3 is 11.9 Å². The highest BCUT2D eigenvalue weighted by Gasteiger charge is 2.65. The number of fused-ring (bicyclic) bond motifs is 3. The maximum absolute atomic E-state index is 13.3. The van der Waals surface area contributed by atoms with E-state index in [0.717, 1.165) is 24.8 Å². The number of carbonyl (C=O) groups is 3. The van der Waals surface area contributed by atoms with Crippen LogP contribution in [0.5, 0.6) is 0 Å². The molecule has 1 N–H and O–H groups in total. The van der Waals surface area contributed by atoms with Gasteiger partial charge in [-0.25, -0.2) is 4.79 Å². The first kappa shape index (κ1) is 21.0. The molecule has 0 aliphatic heterocycles. The number of aliphatic hydroxyl groups is 1. The summed E-state index contributed by atoms with van der Waals surface area (Å²) >= 11 is 0. The zero-order chi connectivity index (χ0) is 20.9. The molecule has 3 fully saturated rings. The summed E-state index contributed by atoms with van der Waals surface area (Å²) in [5.74, 6) is -1.01. The Morgan fingerprint density at radius 3 is 2.46 bits per heavy atom. The van der Waals surface area contributed by atoms with E-state index in [9.17, 15) is 19.5 Å². The van der Waals surface area contributed by atoms with E-state index in [2.05, 4.69) is 6.92 Å². The molecular weight excluding hydrogens is 360 g/mol. The van der Waals surface area contributed by atoms with Crippen LogP contribution in [0, 0.1) is 34.5 Å². The minimum atomic E-state index is -1.08. The van der Waals surface area contributed by atoms with Crippen LogP contribution in [-0.4, -0.2) is 43.2 Å². The number of esters is 2. The van der Waals surface area contributed by atoms with Crippen molar-refractivity contribution >= 4 is 17.7 Å². The van der Waals surface area contributed by atoms with Crippen LogP contribution in [0.3, 0.4) is 0 Å². The van der Waals surface area contributed by atoms with Gasteiger partial charge in [-0.15, -0.1) is 0 Å². The molecule has 0 radical (unpaired) electrons. The maximum atomic E-state index is 13.3. The van der Waals surface area contributed by atoms with Crippen molar-refractivity contribution in [1.82, 2.24) is 0 Å². The monoisotopic (exact) mass is 392 g/mol. The summed E-state index contributed by atoms with van der Waals surface area (Å²) in [4.78, 5) is 37.7. The first-order valence-electron chi connectivity index (χ1n) is 10.2. The van der Waals surface area contributed by atoms with Crippen LogP contribution in [0.25, 0.3) is 0 Å². The molecule has 6 nitrogen and oxygen atoms in total. The number of Topliss-reactive ketones (excluding diaryl/α,β-unsaturated/α-hetero) is 1. The third-order valence-corrected chi connectivity index (χ3v) is 8.22. The number of ketones is 1. The molecule has 0 aromatic rings. The third kappa shape index (κ3) is 2.92. The molecule has 0 unspecified atom stereocenters. The van der Waals surface area contributed by atoms with Crippen molar-refractivity contribution in [3.63, 3.8) is 0 Å². The van der Waals surface area contributed by atoms with Crippen molar-refractivity contribution in [2.45, 2.75) is 59.0 Å². The largest absolute Gasteiger partial charge is 0.469 e. The van der Waals surface area contributed by atoms with E-state index in [1.807, 2.05) is 6.92 Å². The molecule has 3 rings (SSSR count). The van der Waals surface area contributed by atoms with Crippen LogP contribution in [0.1, 0.15) is 52.9 Å². The Morgan fingerprint density at radius 1 is 1.18 bits per heavy atom. The number of carbonyl (C=O) groups excluding carboxylic acids is 3. The van der Waals surface area contributed by atoms with Crippen molar-refractivity contribution in [2.75, 3.05) is 14.2 Å². The van der Waals surface area contributed by atoms with Gasteiger partial charge in [0.1, 0.15) is 5.78 Å². The topological polar surface area (TPSA) is 89.9 Å². The van der Waals surface area contributed by atoms with Gasteiger partial charge < -0.3 is 14.6 Å². The summed E-state index contributed by atoms with van der Waals surface area (Å²) in [5, 5.41) is 10.7. The molecule has 6 heteroatoms. The predicted molar refractivity (Wildman–Crippen MR) is 102 cm³/mol. The van der Waals surface area contributed by atoms with Gasteiger partial charge in [0, 0.05) is 18.4 Å². The van der Waals surface area contributed by atoms with Crippen molar-refractivity contribution in [1.29, 1.82) is 0 Å². The Labute approximate surface area is 166 Å². The molecule has 3 aliphatic rings. The second-order valence-corrected chi connectivity index (χ2v) is 9.26. The normalized spacial score (nSPS) is 44.4. The minimum absolute atomic E-state index is 0.0284. The van der Waals surface area contributed by atoms with Crippen LogP contribution < -0.4 is 0 Å². The van der Waals surface area contributed by atoms with Crippen LogP contribution in [0.15, 0.2) is 11.6 Å². The summed E-state index contributed by atoms with van der Waals surface area (Å²) in [6, 6.07) is 0. The van der Waals surface area contributed by atoms with Crippen LogP contribution >= 0.6 is 0 Å². The summed E-state index contributed by atoms with van der Waals surface area (Å²) in [5.41, 5.74) is -0.338. The first-order chi connectivity index (χ1) is 13.1. The average Bonchev–Trinajstić information content (AvgIpc) is 2.68. The van der Waals surface area contributed by atoms with Crippen molar-refractivity contribution in [3.8, 4) is 0 Å². The molecule has 0 aromatic heterocycles. The lowest BCUT2D eigenvalue weighted by atomic mass is 9.42. The summed E-state index contributed by atoms with van der Waals surface area (Å²) in [6.07, 6.45) is 3.83. The molecule has 0 bridgehead atoms. The summed E-state index contributed by atoms with van der Waals surface area (Å²) in [6.45, 7) is 5.95. The Hall–Kier alpha value is -1.69. The van der Waals surface area contributed by atoms with Gasteiger partial charge in [0.15, 0.2) is 0 Å². The highest BCUT2D eigenvalue weighted by molar-refractivity contribution is 5.87. The van der Waals surface area contributed by atoms with E-state index >= 15 is 0 Å². The predicted octanol–water partition coefficient (Wildman–Crippen LogP) is 2.68. The number of rotatable bonds is 2.